The molecule has 0 unspecified atom stereocenters. The summed E-state index contributed by atoms with van der Waals surface area (Å²) in [4.78, 5) is 0. The molecule has 11 heavy (non-hydrogen) atoms. The first-order chi connectivity index (χ1) is 5.13. The molecule has 0 bridgehead atoms. The maximum Gasteiger partial charge on any atom is -0.0219 e. The summed E-state index contributed by atoms with van der Waals surface area (Å²) >= 11 is 0. The van der Waals surface area contributed by atoms with E-state index in [1.54, 1.807) is 0 Å². The summed E-state index contributed by atoms with van der Waals surface area (Å²) in [6.45, 7) is 12.3. The van der Waals surface area contributed by atoms with Crippen LogP contribution in [0.5, 0.6) is 0 Å². The molecule has 0 aromatic heterocycles. The summed E-state index contributed by atoms with van der Waals surface area (Å²) in [6, 6.07) is 0. The van der Waals surface area contributed by atoms with E-state index in [-0.39, 0.29) is 0 Å². The Hall–Kier alpha value is -0.780. The van der Waals surface area contributed by atoms with Crippen molar-refractivity contribution in [3.8, 4) is 0 Å². The third kappa shape index (κ3) is 3.22. The van der Waals surface area contributed by atoms with E-state index in [4.69, 9.17) is 0 Å². The summed E-state index contributed by atoms with van der Waals surface area (Å²) in [6.07, 6.45) is 6.05. The minimum atomic E-state index is 0.608. The first-order valence-electron chi connectivity index (χ1n) is 4.09. The molecule has 0 radical (unpaired) electrons. The van der Waals surface area contributed by atoms with Crippen molar-refractivity contribution >= 4 is 0 Å². The number of hydrogen-bond acceptors (Lipinski definition) is 0. The summed E-state index contributed by atoms with van der Waals surface area (Å²) < 4.78 is 0. The lowest BCUT2D eigenvalue weighted by Gasteiger charge is -2.10. The summed E-state index contributed by atoms with van der Waals surface area (Å²) in [5, 5.41) is 0. The minimum absolute atomic E-state index is 0.608. The lowest BCUT2D eigenvalue weighted by molar-refractivity contribution is 0.775. The molecule has 0 atom stereocenters. The van der Waals surface area contributed by atoms with Gasteiger partial charge < -0.3 is 0 Å². The van der Waals surface area contributed by atoms with Gasteiger partial charge in [0.05, 0.1) is 0 Å². The summed E-state index contributed by atoms with van der Waals surface area (Å²) in [5.74, 6) is 0.608. The van der Waals surface area contributed by atoms with Crippen LogP contribution in [0, 0.1) is 5.92 Å². The topological polar surface area (TPSA) is 0 Å². The Balaban J connectivity index is 4.53. The Morgan fingerprint density at radius 1 is 1.36 bits per heavy atom. The van der Waals surface area contributed by atoms with Crippen LogP contribution >= 0.6 is 0 Å². The van der Waals surface area contributed by atoms with E-state index in [0.29, 0.717) is 5.92 Å². The first kappa shape index (κ1) is 10.2. The SMILES string of the molecule is C=C/C=C(C)\C(=C/C)C(C)C. The van der Waals surface area contributed by atoms with Crippen LogP contribution in [0.1, 0.15) is 27.7 Å². The zero-order valence-corrected chi connectivity index (χ0v) is 8.02. The molecule has 0 aromatic rings. The molecule has 0 saturated carbocycles. The summed E-state index contributed by atoms with van der Waals surface area (Å²) in [5.41, 5.74) is 2.72. The fraction of sp³-hybridized carbons (Fsp3) is 0.455. The van der Waals surface area contributed by atoms with E-state index in [9.17, 15) is 0 Å². The normalized spacial score (nSPS) is 13.9. The Bertz CT molecular complexity index is 180. The van der Waals surface area contributed by atoms with Crippen molar-refractivity contribution in [2.45, 2.75) is 27.7 Å². The van der Waals surface area contributed by atoms with Gasteiger partial charge in [-0.3, -0.25) is 0 Å². The second-order valence-electron chi connectivity index (χ2n) is 2.98. The van der Waals surface area contributed by atoms with Crippen molar-refractivity contribution in [1.29, 1.82) is 0 Å². The standard InChI is InChI=1S/C11H18/c1-6-8-10(5)11(7-2)9(3)4/h6-9H,1H2,2-5H3/b10-8-,11-7-. The van der Waals surface area contributed by atoms with Gasteiger partial charge >= 0.3 is 0 Å². The summed E-state index contributed by atoms with van der Waals surface area (Å²) in [7, 11) is 0. The van der Waals surface area contributed by atoms with Crippen LogP contribution in [-0.2, 0) is 0 Å². The van der Waals surface area contributed by atoms with Crippen molar-refractivity contribution in [1.82, 2.24) is 0 Å². The molecule has 0 N–H and O–H groups in total. The smallest absolute Gasteiger partial charge is 0.0219 e. The van der Waals surface area contributed by atoms with Gasteiger partial charge in [-0.1, -0.05) is 38.7 Å². The van der Waals surface area contributed by atoms with Crippen LogP contribution in [0.4, 0.5) is 0 Å². The van der Waals surface area contributed by atoms with E-state index >= 15 is 0 Å². The second-order valence-corrected chi connectivity index (χ2v) is 2.98. The van der Waals surface area contributed by atoms with Crippen LogP contribution in [0.3, 0.4) is 0 Å². The van der Waals surface area contributed by atoms with Gasteiger partial charge in [0.2, 0.25) is 0 Å². The predicted molar refractivity (Wildman–Crippen MR) is 52.5 cm³/mol. The highest BCUT2D eigenvalue weighted by molar-refractivity contribution is 5.32. The van der Waals surface area contributed by atoms with Gasteiger partial charge in [0, 0.05) is 0 Å². The number of hydrogen-bond donors (Lipinski definition) is 0. The molecule has 0 spiro atoms. The maximum absolute atomic E-state index is 3.67. The zero-order valence-electron chi connectivity index (χ0n) is 8.02. The fourth-order valence-electron chi connectivity index (χ4n) is 1.29. The molecule has 0 aliphatic carbocycles. The van der Waals surface area contributed by atoms with Gasteiger partial charge in [0.1, 0.15) is 0 Å². The molecule has 62 valence electrons. The van der Waals surface area contributed by atoms with Gasteiger partial charge in [-0.05, 0) is 30.9 Å². The van der Waals surface area contributed by atoms with Crippen LogP contribution in [0.15, 0.2) is 36.0 Å². The largest absolute Gasteiger partial charge is 0.0991 e. The van der Waals surface area contributed by atoms with Crippen LogP contribution in [0.2, 0.25) is 0 Å². The monoisotopic (exact) mass is 150 g/mol. The van der Waals surface area contributed by atoms with Crippen LogP contribution < -0.4 is 0 Å². The van der Waals surface area contributed by atoms with Gasteiger partial charge in [0.15, 0.2) is 0 Å². The van der Waals surface area contributed by atoms with Crippen LogP contribution in [-0.4, -0.2) is 0 Å². The second kappa shape index (κ2) is 4.95. The Morgan fingerprint density at radius 3 is 2.18 bits per heavy atom. The average molecular weight is 150 g/mol. The molecular formula is C11H18. The lowest BCUT2D eigenvalue weighted by Crippen LogP contribution is -1.94. The van der Waals surface area contributed by atoms with Crippen molar-refractivity contribution in [3.05, 3.63) is 36.0 Å². The van der Waals surface area contributed by atoms with Crippen molar-refractivity contribution in [2.75, 3.05) is 0 Å². The molecule has 0 aliphatic rings. The van der Waals surface area contributed by atoms with Gasteiger partial charge in [-0.15, -0.1) is 0 Å². The zero-order chi connectivity index (χ0) is 8.85. The number of allylic oxidation sites excluding steroid dienone is 5. The van der Waals surface area contributed by atoms with E-state index in [0.717, 1.165) is 0 Å². The highest BCUT2D eigenvalue weighted by Crippen LogP contribution is 2.18. The predicted octanol–water partition coefficient (Wildman–Crippen LogP) is 3.72. The molecule has 0 nitrogen and oxygen atoms in total. The quantitative estimate of drug-likeness (QED) is 0.538. The van der Waals surface area contributed by atoms with E-state index in [1.807, 2.05) is 6.08 Å². The Labute approximate surface area is 70.3 Å². The Kier molecular flexibility index (Phi) is 4.60. The first-order valence-corrected chi connectivity index (χ1v) is 4.09. The highest BCUT2D eigenvalue weighted by atomic mass is 14.1. The fourth-order valence-corrected chi connectivity index (χ4v) is 1.29. The average Bonchev–Trinajstić information content (AvgIpc) is 1.88. The third-order valence-corrected chi connectivity index (χ3v) is 1.76. The highest BCUT2D eigenvalue weighted by Gasteiger charge is 2.01. The van der Waals surface area contributed by atoms with E-state index in [1.165, 1.54) is 11.1 Å². The Morgan fingerprint density at radius 2 is 1.91 bits per heavy atom. The number of rotatable bonds is 3. The molecule has 0 aromatic carbocycles. The van der Waals surface area contributed by atoms with Gasteiger partial charge in [0.25, 0.3) is 0 Å². The lowest BCUT2D eigenvalue weighted by atomic mass is 9.96. The van der Waals surface area contributed by atoms with Crippen molar-refractivity contribution < 1.29 is 0 Å². The molecule has 0 fully saturated rings. The molecule has 0 aliphatic heterocycles. The molecule has 0 amide bonds. The minimum Gasteiger partial charge on any atom is -0.0991 e. The van der Waals surface area contributed by atoms with Crippen molar-refractivity contribution in [2.24, 2.45) is 5.92 Å². The molecule has 0 rings (SSSR count). The maximum atomic E-state index is 3.67. The van der Waals surface area contributed by atoms with E-state index < -0.39 is 0 Å². The molecular weight excluding hydrogens is 132 g/mol. The molecule has 0 heteroatoms. The van der Waals surface area contributed by atoms with Crippen LogP contribution in [0.25, 0.3) is 0 Å². The molecule has 0 saturated heterocycles. The van der Waals surface area contributed by atoms with E-state index in [2.05, 4.69) is 46.4 Å². The van der Waals surface area contributed by atoms with Crippen molar-refractivity contribution in [3.63, 3.8) is 0 Å². The van der Waals surface area contributed by atoms with Gasteiger partial charge in [-0.2, -0.15) is 0 Å². The van der Waals surface area contributed by atoms with Gasteiger partial charge in [-0.25, -0.2) is 0 Å². The third-order valence-electron chi connectivity index (χ3n) is 1.76. The molecule has 0 heterocycles.